The van der Waals surface area contributed by atoms with Gasteiger partial charge in [-0.1, -0.05) is 31.5 Å². The summed E-state index contributed by atoms with van der Waals surface area (Å²) in [4.78, 5) is 15.4. The van der Waals surface area contributed by atoms with Gasteiger partial charge in [0.2, 0.25) is 0 Å². The van der Waals surface area contributed by atoms with E-state index in [1.807, 2.05) is 4.90 Å². The van der Waals surface area contributed by atoms with Crippen molar-refractivity contribution in [3.63, 3.8) is 0 Å². The quantitative estimate of drug-likeness (QED) is 0.251. The lowest BCUT2D eigenvalue weighted by atomic mass is 9.92. The van der Waals surface area contributed by atoms with E-state index in [1.165, 1.54) is 81.0 Å². The standard InChI is InChI=1S/C31H36ClN3O7S2/c1-6-30(35-18-20(2)15-21(3)19-35)43(37,38)24-13-9-23(10-14-24)33-31(36)26-16-28(41-4)29(42-5)17-27(26)34-44(39,40)25-11-7-22(32)8-12-25/h6-14,16-17,20-21,30,34H,1,15,18-19H2,2-5H3,(H,33,36). The van der Waals surface area contributed by atoms with Gasteiger partial charge in [-0.25, -0.2) is 16.8 Å². The molecule has 1 amide bonds. The molecule has 1 aliphatic rings. The number of nitrogens with zero attached hydrogens (tertiary/aromatic N) is 1. The van der Waals surface area contributed by atoms with Crippen molar-refractivity contribution in [1.82, 2.24) is 4.90 Å². The van der Waals surface area contributed by atoms with E-state index >= 15 is 0 Å². The number of anilines is 2. The summed E-state index contributed by atoms with van der Waals surface area (Å²) in [5.41, 5.74) is 0.177. The lowest BCUT2D eigenvalue weighted by Gasteiger charge is -2.38. The number of carbonyl (C=O) groups is 1. The number of likely N-dealkylation sites (tertiary alicyclic amines) is 1. The van der Waals surface area contributed by atoms with Crippen LogP contribution in [0.2, 0.25) is 5.02 Å². The van der Waals surface area contributed by atoms with Crippen LogP contribution in [0.25, 0.3) is 0 Å². The molecule has 0 spiro atoms. The predicted octanol–water partition coefficient (Wildman–Crippen LogP) is 5.67. The maximum atomic E-state index is 13.6. The zero-order valence-electron chi connectivity index (χ0n) is 24.9. The molecule has 1 aliphatic heterocycles. The van der Waals surface area contributed by atoms with Crippen LogP contribution >= 0.6 is 11.6 Å². The van der Waals surface area contributed by atoms with Crippen LogP contribution in [0, 0.1) is 11.8 Å². The van der Waals surface area contributed by atoms with Gasteiger partial charge in [0, 0.05) is 29.9 Å². The highest BCUT2D eigenvalue weighted by molar-refractivity contribution is 7.92. The second kappa shape index (κ2) is 13.6. The van der Waals surface area contributed by atoms with Gasteiger partial charge in [0.1, 0.15) is 5.37 Å². The van der Waals surface area contributed by atoms with Gasteiger partial charge in [0.05, 0.1) is 35.3 Å². The first kappa shape index (κ1) is 33.3. The van der Waals surface area contributed by atoms with Gasteiger partial charge in [-0.3, -0.25) is 14.4 Å². The Bertz CT molecular complexity index is 1720. The van der Waals surface area contributed by atoms with Gasteiger partial charge in [0.15, 0.2) is 21.3 Å². The fraction of sp³-hybridized carbons (Fsp3) is 0.323. The molecule has 3 aromatic rings. The number of methoxy groups -OCH3 is 2. The van der Waals surface area contributed by atoms with E-state index in [0.29, 0.717) is 35.6 Å². The van der Waals surface area contributed by atoms with Crippen LogP contribution in [-0.4, -0.2) is 60.3 Å². The zero-order valence-corrected chi connectivity index (χ0v) is 27.3. The lowest BCUT2D eigenvalue weighted by molar-refractivity contribution is 0.102. The maximum Gasteiger partial charge on any atom is 0.261 e. The van der Waals surface area contributed by atoms with Crippen LogP contribution in [0.3, 0.4) is 0 Å². The normalized spacial score (nSPS) is 18.2. The molecule has 236 valence electrons. The Balaban J connectivity index is 1.60. The van der Waals surface area contributed by atoms with Crippen LogP contribution in [0.15, 0.2) is 83.1 Å². The van der Waals surface area contributed by atoms with Crippen molar-refractivity contribution in [3.05, 3.63) is 83.9 Å². The van der Waals surface area contributed by atoms with Gasteiger partial charge in [-0.2, -0.15) is 0 Å². The summed E-state index contributed by atoms with van der Waals surface area (Å²) in [5, 5.41) is 2.19. The summed E-state index contributed by atoms with van der Waals surface area (Å²) in [6.07, 6.45) is 2.50. The number of piperidine rings is 1. The molecule has 3 atom stereocenters. The van der Waals surface area contributed by atoms with Gasteiger partial charge in [-0.05, 0) is 72.9 Å². The van der Waals surface area contributed by atoms with Gasteiger partial charge >= 0.3 is 0 Å². The molecule has 0 aliphatic carbocycles. The van der Waals surface area contributed by atoms with Crippen molar-refractivity contribution >= 4 is 48.7 Å². The van der Waals surface area contributed by atoms with E-state index in [2.05, 4.69) is 30.5 Å². The number of hydrogen-bond donors (Lipinski definition) is 2. The Kier molecular flexibility index (Phi) is 10.3. The number of sulfone groups is 1. The van der Waals surface area contributed by atoms with Crippen molar-refractivity contribution in [3.8, 4) is 11.5 Å². The number of hydrogen-bond acceptors (Lipinski definition) is 8. The van der Waals surface area contributed by atoms with E-state index in [4.69, 9.17) is 21.1 Å². The van der Waals surface area contributed by atoms with Crippen molar-refractivity contribution in [1.29, 1.82) is 0 Å². The van der Waals surface area contributed by atoms with Gasteiger partial charge in [-0.15, -0.1) is 6.58 Å². The molecule has 3 aromatic carbocycles. The van der Waals surface area contributed by atoms with E-state index in [9.17, 15) is 21.6 Å². The summed E-state index contributed by atoms with van der Waals surface area (Å²) < 4.78 is 66.5. The van der Waals surface area contributed by atoms with Crippen molar-refractivity contribution in [2.75, 3.05) is 37.3 Å². The number of ether oxygens (including phenoxy) is 2. The second-order valence-corrected chi connectivity index (χ2v) is 15.0. The largest absolute Gasteiger partial charge is 0.493 e. The van der Waals surface area contributed by atoms with Crippen LogP contribution in [0.5, 0.6) is 11.5 Å². The first-order chi connectivity index (χ1) is 20.8. The third kappa shape index (κ3) is 7.37. The summed E-state index contributed by atoms with van der Waals surface area (Å²) in [7, 11) is -5.13. The molecule has 0 aromatic heterocycles. The summed E-state index contributed by atoms with van der Waals surface area (Å²) in [6.45, 7) is 9.33. The molecule has 4 rings (SSSR count). The van der Waals surface area contributed by atoms with E-state index in [1.54, 1.807) is 0 Å². The molecule has 2 N–H and O–H groups in total. The van der Waals surface area contributed by atoms with Crippen LogP contribution in [-0.2, 0) is 19.9 Å². The van der Waals surface area contributed by atoms with Crippen LogP contribution in [0.1, 0.15) is 30.6 Å². The number of carbonyl (C=O) groups excluding carboxylic acids is 1. The summed E-state index contributed by atoms with van der Waals surface area (Å²) >= 11 is 5.90. The smallest absolute Gasteiger partial charge is 0.261 e. The Labute approximate surface area is 264 Å². The Morgan fingerprint density at radius 2 is 1.48 bits per heavy atom. The molecule has 0 saturated carbocycles. The Hall–Kier alpha value is -3.58. The highest BCUT2D eigenvalue weighted by Crippen LogP contribution is 2.35. The average Bonchev–Trinajstić information content (AvgIpc) is 2.97. The fourth-order valence-electron chi connectivity index (χ4n) is 5.43. The summed E-state index contributed by atoms with van der Waals surface area (Å²) in [6, 6.07) is 14.0. The Morgan fingerprint density at radius 3 is 2.02 bits per heavy atom. The SMILES string of the molecule is C=CC(N1CC(C)CC(C)C1)S(=O)(=O)c1ccc(NC(=O)c2cc(OC)c(OC)cc2NS(=O)(=O)c2ccc(Cl)cc2)cc1. The molecule has 1 fully saturated rings. The minimum atomic E-state index is -4.12. The molecule has 44 heavy (non-hydrogen) atoms. The number of benzene rings is 3. The first-order valence-corrected chi connectivity index (χ1v) is 17.3. The minimum Gasteiger partial charge on any atom is -0.493 e. The van der Waals surface area contributed by atoms with E-state index in [-0.39, 0.29) is 32.5 Å². The highest BCUT2D eigenvalue weighted by atomic mass is 35.5. The molecule has 1 saturated heterocycles. The third-order valence-corrected chi connectivity index (χ3v) is 11.0. The van der Waals surface area contributed by atoms with Gasteiger partial charge < -0.3 is 14.8 Å². The second-order valence-electron chi connectivity index (χ2n) is 10.9. The molecule has 10 nitrogen and oxygen atoms in total. The number of amides is 1. The number of nitrogens with one attached hydrogen (secondary N) is 2. The Morgan fingerprint density at radius 1 is 0.932 bits per heavy atom. The fourth-order valence-corrected chi connectivity index (χ4v) is 8.23. The molecule has 13 heteroatoms. The highest BCUT2D eigenvalue weighted by Gasteiger charge is 2.34. The maximum absolute atomic E-state index is 13.6. The van der Waals surface area contributed by atoms with Crippen LogP contribution in [0.4, 0.5) is 11.4 Å². The molecule has 0 radical (unpaired) electrons. The van der Waals surface area contributed by atoms with E-state index in [0.717, 1.165) is 6.42 Å². The topological polar surface area (TPSA) is 131 Å². The van der Waals surface area contributed by atoms with Crippen molar-refractivity contribution < 1.29 is 31.1 Å². The van der Waals surface area contributed by atoms with Crippen LogP contribution < -0.4 is 19.5 Å². The van der Waals surface area contributed by atoms with E-state index < -0.39 is 31.1 Å². The third-order valence-electron chi connectivity index (χ3n) is 7.35. The molecule has 0 bridgehead atoms. The summed E-state index contributed by atoms with van der Waals surface area (Å²) in [5.74, 6) is 0.458. The van der Waals surface area contributed by atoms with Crippen molar-refractivity contribution in [2.45, 2.75) is 35.4 Å². The molecule has 3 unspecified atom stereocenters. The number of halogens is 1. The van der Waals surface area contributed by atoms with Gasteiger partial charge in [0.25, 0.3) is 15.9 Å². The average molecular weight is 662 g/mol. The monoisotopic (exact) mass is 661 g/mol. The molecular formula is C31H36ClN3O7S2. The first-order valence-electron chi connectivity index (χ1n) is 13.8. The number of rotatable bonds is 11. The lowest BCUT2D eigenvalue weighted by Crippen LogP contribution is -2.47. The predicted molar refractivity (Wildman–Crippen MR) is 172 cm³/mol. The van der Waals surface area contributed by atoms with Crippen molar-refractivity contribution in [2.24, 2.45) is 11.8 Å². The molecular weight excluding hydrogens is 626 g/mol. The number of sulfonamides is 1. The minimum absolute atomic E-state index is 0.0584. The zero-order chi connectivity index (χ0) is 32.2. The molecule has 1 heterocycles.